The summed E-state index contributed by atoms with van der Waals surface area (Å²) in [5.74, 6) is -1.04. The monoisotopic (exact) mass is 565 g/mol. The Morgan fingerprint density at radius 1 is 1.18 bits per heavy atom. The van der Waals surface area contributed by atoms with Gasteiger partial charge in [0.2, 0.25) is 5.91 Å². The molecule has 0 aliphatic carbocycles. The van der Waals surface area contributed by atoms with Crippen molar-refractivity contribution in [3.8, 4) is 0 Å². The number of thioether (sulfide) groups is 1. The van der Waals surface area contributed by atoms with Gasteiger partial charge in [0.25, 0.3) is 17.5 Å². The molecule has 3 aliphatic rings. The van der Waals surface area contributed by atoms with Crippen LogP contribution in [0.15, 0.2) is 35.2 Å². The van der Waals surface area contributed by atoms with Crippen LogP contribution in [0.2, 0.25) is 0 Å². The summed E-state index contributed by atoms with van der Waals surface area (Å²) < 4.78 is 4.72. The van der Waals surface area contributed by atoms with Crippen LogP contribution < -0.4 is 16.0 Å². The number of imide groups is 1. The van der Waals surface area contributed by atoms with Crippen molar-refractivity contribution in [1.29, 1.82) is 0 Å². The third-order valence-electron chi connectivity index (χ3n) is 5.92. The molecule has 0 bridgehead atoms. The van der Waals surface area contributed by atoms with Crippen LogP contribution in [0.5, 0.6) is 0 Å². The molecule has 0 radical (unpaired) electrons. The maximum Gasteiger partial charge on any atom is 0.546 e. The van der Waals surface area contributed by atoms with Gasteiger partial charge in [0.1, 0.15) is 16.9 Å². The van der Waals surface area contributed by atoms with Gasteiger partial charge in [-0.15, -0.1) is 0 Å². The number of urea groups is 1. The first-order valence-electron chi connectivity index (χ1n) is 11.6. The summed E-state index contributed by atoms with van der Waals surface area (Å²) in [5.41, 5.74) is 0.0968. The highest BCUT2D eigenvalue weighted by molar-refractivity contribution is 8.00. The number of rotatable bonds is 11. The van der Waals surface area contributed by atoms with Gasteiger partial charge in [0.05, 0.1) is 17.0 Å². The number of hydroxylamine groups is 2. The smallest absolute Gasteiger partial charge is 0.352 e. The summed E-state index contributed by atoms with van der Waals surface area (Å²) in [4.78, 5) is 73.5. The first-order chi connectivity index (χ1) is 18.2. The molecule has 2 saturated heterocycles. The van der Waals surface area contributed by atoms with Crippen LogP contribution in [0.4, 0.5) is 15.3 Å². The van der Waals surface area contributed by atoms with Crippen LogP contribution in [0.1, 0.15) is 31.2 Å². The summed E-state index contributed by atoms with van der Waals surface area (Å²) in [6.07, 6.45) is 3.11. The first-order valence-corrected chi connectivity index (χ1v) is 13.4. The van der Waals surface area contributed by atoms with Crippen molar-refractivity contribution in [2.75, 3.05) is 5.75 Å². The molecular weight excluding hydrogens is 542 g/mol. The summed E-state index contributed by atoms with van der Waals surface area (Å²) in [6, 6.07) is 4.28. The molecule has 202 valence electrons. The Bertz CT molecular complexity index is 1180. The number of nitrogens with one attached hydrogen (secondary N) is 3. The molecule has 3 aliphatic heterocycles. The fourth-order valence-corrected chi connectivity index (χ4v) is 6.17. The number of carbonyl (C=O) groups excluding carboxylic acids is 5. The van der Waals surface area contributed by atoms with Crippen molar-refractivity contribution in [3.63, 3.8) is 0 Å². The lowest BCUT2D eigenvalue weighted by Crippen LogP contribution is -2.36. The van der Waals surface area contributed by atoms with E-state index in [1.807, 2.05) is 11.8 Å². The first kappa shape index (κ1) is 27.3. The molecule has 3 atom stereocenters. The molecule has 14 nitrogen and oxygen atoms in total. The Hall–Kier alpha value is -3.79. The minimum absolute atomic E-state index is 0.0279. The molecule has 1 aromatic carbocycles. The van der Waals surface area contributed by atoms with E-state index in [1.54, 1.807) is 0 Å². The molecule has 3 N–H and O–H groups in total. The lowest BCUT2D eigenvalue weighted by Gasteiger charge is -2.16. The van der Waals surface area contributed by atoms with E-state index in [2.05, 4.69) is 20.8 Å². The summed E-state index contributed by atoms with van der Waals surface area (Å²) in [7, 11) is 0. The van der Waals surface area contributed by atoms with E-state index in [9.17, 15) is 34.1 Å². The van der Waals surface area contributed by atoms with Gasteiger partial charge in [0, 0.05) is 42.2 Å². The van der Waals surface area contributed by atoms with E-state index in [-0.39, 0.29) is 46.2 Å². The molecule has 1 aromatic rings. The summed E-state index contributed by atoms with van der Waals surface area (Å²) in [5, 5.41) is 20.6. The van der Waals surface area contributed by atoms with Crippen molar-refractivity contribution in [2.24, 2.45) is 0 Å². The SMILES string of the molecule is O=C(CCCCC1SCC2NC(=O)NC21)NCc1ccc(SOC(=O)ON2C(=O)C=CC2=O)c([N+](=O)[O-])c1. The Kier molecular flexibility index (Phi) is 8.73. The molecule has 5 amide bonds. The van der Waals surface area contributed by atoms with Gasteiger partial charge in [-0.25, -0.2) is 9.59 Å². The second-order valence-corrected chi connectivity index (χ2v) is 10.6. The Morgan fingerprint density at radius 3 is 2.68 bits per heavy atom. The minimum atomic E-state index is -1.41. The van der Waals surface area contributed by atoms with Crippen LogP contribution >= 0.6 is 23.8 Å². The van der Waals surface area contributed by atoms with Crippen LogP contribution in [-0.2, 0) is 29.9 Å². The van der Waals surface area contributed by atoms with E-state index in [0.717, 1.165) is 30.7 Å². The van der Waals surface area contributed by atoms with Crippen molar-refractivity contribution in [3.05, 3.63) is 46.0 Å². The van der Waals surface area contributed by atoms with Gasteiger partial charge in [-0.2, -0.15) is 11.8 Å². The highest BCUT2D eigenvalue weighted by atomic mass is 32.2. The molecule has 16 heteroatoms. The number of nitro groups is 1. The zero-order valence-corrected chi connectivity index (χ0v) is 21.4. The van der Waals surface area contributed by atoms with Crippen molar-refractivity contribution < 1.29 is 37.9 Å². The lowest BCUT2D eigenvalue weighted by atomic mass is 10.0. The molecule has 2 fully saturated rings. The minimum Gasteiger partial charge on any atom is -0.352 e. The van der Waals surface area contributed by atoms with E-state index < -0.39 is 22.9 Å². The Balaban J connectivity index is 1.18. The average molecular weight is 566 g/mol. The number of unbranched alkanes of at least 4 members (excludes halogenated alkanes) is 1. The molecule has 38 heavy (non-hydrogen) atoms. The lowest BCUT2D eigenvalue weighted by molar-refractivity contribution is -0.387. The van der Waals surface area contributed by atoms with Gasteiger partial charge in [0.15, 0.2) is 0 Å². The maximum atomic E-state index is 12.2. The number of hydrogen-bond donors (Lipinski definition) is 3. The maximum absolute atomic E-state index is 12.2. The highest BCUT2D eigenvalue weighted by Gasteiger charge is 2.42. The molecule has 0 spiro atoms. The van der Waals surface area contributed by atoms with Gasteiger partial charge in [-0.05, 0) is 24.5 Å². The number of hydrogen-bond acceptors (Lipinski definition) is 11. The van der Waals surface area contributed by atoms with Crippen molar-refractivity contribution in [2.45, 2.75) is 54.5 Å². The topological polar surface area (TPSA) is 186 Å². The fraction of sp³-hybridized carbons (Fsp3) is 0.409. The third kappa shape index (κ3) is 6.74. The fourth-order valence-electron chi connectivity index (χ4n) is 4.09. The third-order valence-corrected chi connectivity index (χ3v) is 8.18. The molecule has 3 heterocycles. The predicted octanol–water partition coefficient (Wildman–Crippen LogP) is 1.94. The predicted molar refractivity (Wildman–Crippen MR) is 133 cm³/mol. The number of amides is 5. The largest absolute Gasteiger partial charge is 0.546 e. The summed E-state index contributed by atoms with van der Waals surface area (Å²) >= 11 is 2.15. The van der Waals surface area contributed by atoms with E-state index in [4.69, 9.17) is 4.18 Å². The molecule has 0 saturated carbocycles. The van der Waals surface area contributed by atoms with Crippen LogP contribution in [-0.4, -0.2) is 63.0 Å². The molecule has 0 aromatic heterocycles. The van der Waals surface area contributed by atoms with Gasteiger partial charge < -0.3 is 20.1 Å². The van der Waals surface area contributed by atoms with Crippen LogP contribution in [0.25, 0.3) is 0 Å². The van der Waals surface area contributed by atoms with Crippen LogP contribution in [0.3, 0.4) is 0 Å². The number of nitrogens with zero attached hydrogens (tertiary/aromatic N) is 2. The van der Waals surface area contributed by atoms with Crippen molar-refractivity contribution in [1.82, 2.24) is 21.0 Å². The number of carbonyl (C=O) groups is 5. The quantitative estimate of drug-likeness (QED) is 0.0889. The Labute approximate surface area is 224 Å². The van der Waals surface area contributed by atoms with E-state index in [1.165, 1.54) is 18.2 Å². The number of nitro benzene ring substituents is 1. The summed E-state index contributed by atoms with van der Waals surface area (Å²) in [6.45, 7) is 0.0691. The van der Waals surface area contributed by atoms with Gasteiger partial charge >= 0.3 is 12.2 Å². The molecular formula is C22H23N5O9S2. The standard InChI is InChI=1S/C22H23N5O9S2/c28-17(4-2-1-3-16-20-13(11-37-16)24-21(31)25-20)23-10-12-5-6-15(14(9-12)27(33)34)38-36-22(32)35-26-18(29)7-8-19(26)30/h5-9,13,16,20H,1-4,10-11H2,(H,23,28)(H2,24,25,31). The second kappa shape index (κ2) is 12.2. The molecule has 4 rings (SSSR count). The van der Waals surface area contributed by atoms with Crippen LogP contribution in [0, 0.1) is 10.1 Å². The van der Waals surface area contributed by atoms with Crippen molar-refractivity contribution >= 4 is 59.4 Å². The zero-order chi connectivity index (χ0) is 27.2. The van der Waals surface area contributed by atoms with E-state index >= 15 is 0 Å². The van der Waals surface area contributed by atoms with Gasteiger partial charge in [-0.3, -0.25) is 29.3 Å². The second-order valence-electron chi connectivity index (χ2n) is 8.52. The molecule has 3 unspecified atom stereocenters. The Morgan fingerprint density at radius 2 is 1.95 bits per heavy atom. The average Bonchev–Trinajstić information content (AvgIpc) is 3.54. The highest BCUT2D eigenvalue weighted by Crippen LogP contribution is 2.33. The zero-order valence-electron chi connectivity index (χ0n) is 19.7. The van der Waals surface area contributed by atoms with Gasteiger partial charge in [-0.1, -0.05) is 17.6 Å². The number of fused-ring (bicyclic) bond motifs is 1. The normalized spacial score (nSPS) is 21.6. The van der Waals surface area contributed by atoms with E-state index in [0.29, 0.717) is 35.7 Å². The number of benzene rings is 1.